The van der Waals surface area contributed by atoms with Crippen molar-refractivity contribution in [2.75, 3.05) is 13.2 Å². The first-order chi connectivity index (χ1) is 17.7. The molecule has 0 spiro atoms. The molecule has 0 aromatic heterocycles. The Morgan fingerprint density at radius 2 is 1.65 bits per heavy atom. The first-order valence-electron chi connectivity index (χ1n) is 12.4. The molecule has 37 heavy (non-hydrogen) atoms. The number of rotatable bonds is 8. The average molecular weight is 514 g/mol. The number of fused-ring (bicyclic) bond motifs is 1. The Morgan fingerprint density at radius 3 is 2.30 bits per heavy atom. The molecule has 0 saturated carbocycles. The standard InChI is InChI=1S/C28H35NO8/c1-18(30)29-23-25(32-17-22(31)37-28(2,3)4)24-21(16-34-26(36-24)20-13-9-6-10-14-20)35-27(23)33-15-19-11-7-5-8-12-19/h5-14,21,23-27H,15-17H2,1-4H3,(H,29,30)/t21-,23+,24-,25+,26+,27-/m1/s1. The zero-order chi connectivity index (χ0) is 26.4. The fourth-order valence-electron chi connectivity index (χ4n) is 4.37. The summed E-state index contributed by atoms with van der Waals surface area (Å²) >= 11 is 0. The van der Waals surface area contributed by atoms with Gasteiger partial charge >= 0.3 is 5.97 Å². The number of nitrogens with one attached hydrogen (secondary N) is 1. The predicted molar refractivity (Wildman–Crippen MR) is 133 cm³/mol. The minimum absolute atomic E-state index is 0.217. The number of carbonyl (C=O) groups is 2. The third-order valence-corrected chi connectivity index (χ3v) is 5.85. The highest BCUT2D eigenvalue weighted by Crippen LogP contribution is 2.36. The Balaban J connectivity index is 1.56. The van der Waals surface area contributed by atoms with Gasteiger partial charge in [0, 0.05) is 12.5 Å². The van der Waals surface area contributed by atoms with Gasteiger partial charge in [-0.15, -0.1) is 0 Å². The molecule has 0 radical (unpaired) electrons. The smallest absolute Gasteiger partial charge is 0.332 e. The van der Waals surface area contributed by atoms with E-state index >= 15 is 0 Å². The SMILES string of the molecule is CC(=O)N[C@@H]1[C@H](OCc2ccccc2)O[C@@H]2CO[C@H](c3ccccc3)O[C@H]2[C@H]1OCC(=O)OC(C)(C)C. The molecule has 2 aromatic rings. The summed E-state index contributed by atoms with van der Waals surface area (Å²) in [6.07, 6.45) is -3.48. The minimum Gasteiger partial charge on any atom is -0.458 e. The fourth-order valence-corrected chi connectivity index (χ4v) is 4.37. The van der Waals surface area contributed by atoms with Gasteiger partial charge in [0.05, 0.1) is 13.2 Å². The van der Waals surface area contributed by atoms with E-state index < -0.39 is 48.5 Å². The van der Waals surface area contributed by atoms with Crippen LogP contribution in [0.2, 0.25) is 0 Å². The summed E-state index contributed by atoms with van der Waals surface area (Å²) in [7, 11) is 0. The molecule has 6 atom stereocenters. The zero-order valence-electron chi connectivity index (χ0n) is 21.6. The summed E-state index contributed by atoms with van der Waals surface area (Å²) in [4.78, 5) is 24.7. The maximum atomic E-state index is 12.5. The molecular formula is C28H35NO8. The molecule has 2 fully saturated rings. The highest BCUT2D eigenvalue weighted by Gasteiger charge is 2.51. The monoisotopic (exact) mass is 513 g/mol. The lowest BCUT2D eigenvalue weighted by Gasteiger charge is -2.49. The van der Waals surface area contributed by atoms with Crippen molar-refractivity contribution in [1.29, 1.82) is 0 Å². The van der Waals surface area contributed by atoms with Crippen molar-refractivity contribution in [2.24, 2.45) is 0 Å². The van der Waals surface area contributed by atoms with Gasteiger partial charge in [0.25, 0.3) is 0 Å². The van der Waals surface area contributed by atoms with E-state index in [0.717, 1.165) is 11.1 Å². The topological polar surface area (TPSA) is 102 Å². The summed E-state index contributed by atoms with van der Waals surface area (Å²) in [6.45, 7) is 6.91. The van der Waals surface area contributed by atoms with E-state index in [1.165, 1.54) is 6.92 Å². The molecule has 2 heterocycles. The van der Waals surface area contributed by atoms with Gasteiger partial charge in [0.15, 0.2) is 12.6 Å². The van der Waals surface area contributed by atoms with Crippen LogP contribution >= 0.6 is 0 Å². The van der Waals surface area contributed by atoms with Crippen LogP contribution in [0, 0.1) is 0 Å². The van der Waals surface area contributed by atoms with Gasteiger partial charge in [-0.2, -0.15) is 0 Å². The van der Waals surface area contributed by atoms with Gasteiger partial charge in [-0.25, -0.2) is 4.79 Å². The van der Waals surface area contributed by atoms with Gasteiger partial charge in [0.1, 0.15) is 36.6 Å². The molecule has 2 aliphatic heterocycles. The van der Waals surface area contributed by atoms with Gasteiger partial charge in [0.2, 0.25) is 5.91 Å². The van der Waals surface area contributed by atoms with Gasteiger partial charge in [-0.1, -0.05) is 60.7 Å². The summed E-state index contributed by atoms with van der Waals surface area (Å²) in [5.41, 5.74) is 1.12. The summed E-state index contributed by atoms with van der Waals surface area (Å²) < 4.78 is 36.2. The Morgan fingerprint density at radius 1 is 0.973 bits per heavy atom. The number of esters is 1. The van der Waals surface area contributed by atoms with E-state index in [1.807, 2.05) is 60.7 Å². The number of hydrogen-bond donors (Lipinski definition) is 1. The molecule has 200 valence electrons. The van der Waals surface area contributed by atoms with Crippen LogP contribution in [-0.4, -0.2) is 61.3 Å². The largest absolute Gasteiger partial charge is 0.458 e. The highest BCUT2D eigenvalue weighted by atomic mass is 16.8. The van der Waals surface area contributed by atoms with E-state index in [1.54, 1.807) is 20.8 Å². The summed E-state index contributed by atoms with van der Waals surface area (Å²) in [5, 5.41) is 2.89. The third kappa shape index (κ3) is 7.59. The minimum atomic E-state index is -0.866. The van der Waals surface area contributed by atoms with Crippen molar-refractivity contribution < 1.29 is 38.0 Å². The van der Waals surface area contributed by atoms with Crippen LogP contribution in [0.4, 0.5) is 0 Å². The van der Waals surface area contributed by atoms with Crippen LogP contribution in [0.1, 0.15) is 45.1 Å². The normalized spacial score (nSPS) is 27.7. The quantitative estimate of drug-likeness (QED) is 0.537. The Hall–Kier alpha value is -2.82. The number of benzene rings is 2. The van der Waals surface area contributed by atoms with Gasteiger partial charge in [-0.3, -0.25) is 4.79 Å². The molecular weight excluding hydrogens is 478 g/mol. The first-order valence-corrected chi connectivity index (χ1v) is 12.4. The van der Waals surface area contributed by atoms with Crippen molar-refractivity contribution in [3.63, 3.8) is 0 Å². The lowest BCUT2D eigenvalue weighted by atomic mass is 9.95. The Kier molecular flexibility index (Phi) is 8.94. The van der Waals surface area contributed by atoms with Gasteiger partial charge < -0.3 is 33.7 Å². The Bertz CT molecular complexity index is 1030. The van der Waals surface area contributed by atoms with E-state index in [9.17, 15) is 9.59 Å². The van der Waals surface area contributed by atoms with E-state index in [-0.39, 0.29) is 25.7 Å². The fraction of sp³-hybridized carbons (Fsp3) is 0.500. The number of carbonyl (C=O) groups excluding carboxylic acids is 2. The summed E-state index contributed by atoms with van der Waals surface area (Å²) in [6, 6.07) is 18.4. The maximum absolute atomic E-state index is 12.5. The molecule has 0 aliphatic carbocycles. The second kappa shape index (κ2) is 12.1. The molecule has 9 nitrogen and oxygen atoms in total. The maximum Gasteiger partial charge on any atom is 0.332 e. The molecule has 1 N–H and O–H groups in total. The lowest BCUT2D eigenvalue weighted by molar-refractivity contribution is -0.349. The van der Waals surface area contributed by atoms with Crippen molar-refractivity contribution in [3.05, 3.63) is 71.8 Å². The molecule has 0 bridgehead atoms. The van der Waals surface area contributed by atoms with Crippen molar-refractivity contribution in [1.82, 2.24) is 5.32 Å². The van der Waals surface area contributed by atoms with E-state index in [4.69, 9.17) is 28.4 Å². The number of hydrogen-bond acceptors (Lipinski definition) is 8. The molecule has 1 amide bonds. The van der Waals surface area contributed by atoms with Crippen LogP contribution in [0.25, 0.3) is 0 Å². The molecule has 0 unspecified atom stereocenters. The van der Waals surface area contributed by atoms with Crippen LogP contribution in [0.5, 0.6) is 0 Å². The van der Waals surface area contributed by atoms with Crippen LogP contribution in [-0.2, 0) is 44.6 Å². The predicted octanol–water partition coefficient (Wildman–Crippen LogP) is 3.27. The van der Waals surface area contributed by atoms with E-state index in [0.29, 0.717) is 0 Å². The first kappa shape index (κ1) is 27.2. The van der Waals surface area contributed by atoms with Gasteiger partial charge in [-0.05, 0) is 26.3 Å². The van der Waals surface area contributed by atoms with Crippen molar-refractivity contribution >= 4 is 11.9 Å². The molecule has 2 saturated heterocycles. The Labute approximate surface area is 217 Å². The molecule has 2 aromatic carbocycles. The van der Waals surface area contributed by atoms with Crippen LogP contribution < -0.4 is 5.32 Å². The van der Waals surface area contributed by atoms with E-state index in [2.05, 4.69) is 5.32 Å². The second-order valence-corrected chi connectivity index (χ2v) is 10.1. The van der Waals surface area contributed by atoms with Crippen molar-refractivity contribution in [3.8, 4) is 0 Å². The molecule has 4 rings (SSSR count). The number of ether oxygens (including phenoxy) is 6. The molecule has 2 aliphatic rings. The van der Waals surface area contributed by atoms with Crippen LogP contribution in [0.3, 0.4) is 0 Å². The van der Waals surface area contributed by atoms with Crippen LogP contribution in [0.15, 0.2) is 60.7 Å². The molecule has 9 heteroatoms. The number of amides is 1. The lowest BCUT2D eigenvalue weighted by Crippen LogP contribution is -2.67. The third-order valence-electron chi connectivity index (χ3n) is 5.85. The summed E-state index contributed by atoms with van der Waals surface area (Å²) in [5.74, 6) is -0.816. The van der Waals surface area contributed by atoms with Crippen molar-refractivity contribution in [2.45, 2.75) is 76.8 Å². The average Bonchev–Trinajstić information content (AvgIpc) is 2.86. The highest BCUT2D eigenvalue weighted by molar-refractivity contribution is 5.73. The second-order valence-electron chi connectivity index (χ2n) is 10.1. The zero-order valence-corrected chi connectivity index (χ0v) is 21.6.